The molecule has 10 nitrogen and oxygen atoms in total. The first kappa shape index (κ1) is 24.1. The van der Waals surface area contributed by atoms with Crippen molar-refractivity contribution in [1.82, 2.24) is 29.0 Å². The summed E-state index contributed by atoms with van der Waals surface area (Å²) in [7, 11) is 1.98. The number of ether oxygens (including phenoxy) is 1. The number of aromatic nitrogens is 5. The van der Waals surface area contributed by atoms with Gasteiger partial charge in [0.1, 0.15) is 5.65 Å². The molecule has 5 aromatic rings. The Hall–Kier alpha value is -4.28. The molecular weight excluding hydrogens is 482 g/mol. The Balaban J connectivity index is 1.44. The highest BCUT2D eigenvalue weighted by atomic mass is 16.5. The number of pyridine rings is 1. The maximum absolute atomic E-state index is 12.0. The summed E-state index contributed by atoms with van der Waals surface area (Å²) in [4.78, 5) is 25.6. The molecule has 1 saturated heterocycles. The van der Waals surface area contributed by atoms with E-state index in [0.29, 0.717) is 17.9 Å². The van der Waals surface area contributed by atoms with Crippen LogP contribution >= 0.6 is 0 Å². The van der Waals surface area contributed by atoms with Gasteiger partial charge in [0.15, 0.2) is 11.3 Å². The first-order valence-corrected chi connectivity index (χ1v) is 12.7. The van der Waals surface area contributed by atoms with Gasteiger partial charge in [0.05, 0.1) is 30.8 Å². The molecule has 4 aromatic heterocycles. The van der Waals surface area contributed by atoms with E-state index >= 15 is 0 Å². The van der Waals surface area contributed by atoms with Crippen LogP contribution in [0.4, 0.5) is 5.69 Å². The Morgan fingerprint density at radius 2 is 1.87 bits per heavy atom. The smallest absolute Gasteiger partial charge is 0.356 e. The minimum absolute atomic E-state index is 0.0189. The van der Waals surface area contributed by atoms with Crippen molar-refractivity contribution in [2.24, 2.45) is 0 Å². The summed E-state index contributed by atoms with van der Waals surface area (Å²) in [6, 6.07) is 16.1. The number of carboxylic acid groups (broad SMARTS) is 1. The van der Waals surface area contributed by atoms with Gasteiger partial charge in [-0.3, -0.25) is 4.90 Å². The van der Waals surface area contributed by atoms with Crippen LogP contribution < -0.4 is 4.90 Å². The Labute approximate surface area is 219 Å². The molecule has 1 fully saturated rings. The second-order valence-corrected chi connectivity index (χ2v) is 9.51. The fourth-order valence-electron chi connectivity index (χ4n) is 5.02. The average Bonchev–Trinajstić information content (AvgIpc) is 3.54. The van der Waals surface area contributed by atoms with Crippen molar-refractivity contribution in [3.8, 4) is 11.3 Å². The number of hydrogen-bond donors (Lipinski definition) is 1. The number of hydrogen-bond acceptors (Lipinski definition) is 7. The third kappa shape index (κ3) is 4.59. The summed E-state index contributed by atoms with van der Waals surface area (Å²) < 4.78 is 9.07. The largest absolute Gasteiger partial charge is 0.476 e. The predicted molar refractivity (Wildman–Crippen MR) is 144 cm³/mol. The molecule has 194 valence electrons. The number of aromatic carboxylic acids is 1. The standard InChI is InChI=1S/C28H29N7O3/c1-32(18-20-6-3-2-4-7-20)24-16-23(31-35-25(28(36)37)17-30-27(24)35)22-19-34(26-21(22)8-5-9-29-26)11-10-33-12-14-38-15-13-33/h2-9,16-17,19H,10-15,18H2,1H3,(H,36,37). The first-order chi connectivity index (χ1) is 18.6. The number of rotatable bonds is 8. The van der Waals surface area contributed by atoms with Crippen molar-refractivity contribution in [3.63, 3.8) is 0 Å². The Bertz CT molecular complexity index is 1590. The number of fused-ring (bicyclic) bond motifs is 2. The van der Waals surface area contributed by atoms with Gasteiger partial charge in [-0.2, -0.15) is 5.10 Å². The highest BCUT2D eigenvalue weighted by Crippen LogP contribution is 2.32. The van der Waals surface area contributed by atoms with Gasteiger partial charge in [-0.15, -0.1) is 0 Å². The van der Waals surface area contributed by atoms with Crippen molar-refractivity contribution in [1.29, 1.82) is 0 Å². The molecule has 0 spiro atoms. The zero-order chi connectivity index (χ0) is 26.1. The molecule has 0 bridgehead atoms. The molecule has 38 heavy (non-hydrogen) atoms. The van der Waals surface area contributed by atoms with Crippen molar-refractivity contribution in [2.75, 3.05) is 44.8 Å². The highest BCUT2D eigenvalue weighted by Gasteiger charge is 2.21. The molecule has 1 aliphatic heterocycles. The lowest BCUT2D eigenvalue weighted by atomic mass is 10.1. The average molecular weight is 512 g/mol. The number of anilines is 1. The molecule has 0 amide bonds. The van der Waals surface area contributed by atoms with E-state index in [1.807, 2.05) is 43.4 Å². The van der Waals surface area contributed by atoms with Crippen LogP contribution in [-0.2, 0) is 17.8 Å². The lowest BCUT2D eigenvalue weighted by Crippen LogP contribution is -2.38. The van der Waals surface area contributed by atoms with Gasteiger partial charge < -0.3 is 19.3 Å². The van der Waals surface area contributed by atoms with E-state index in [1.54, 1.807) is 6.20 Å². The van der Waals surface area contributed by atoms with Crippen molar-refractivity contribution in [3.05, 3.63) is 78.4 Å². The summed E-state index contributed by atoms with van der Waals surface area (Å²) in [5, 5.41) is 15.6. The molecule has 1 aromatic carbocycles. The molecule has 1 N–H and O–H groups in total. The van der Waals surface area contributed by atoms with Gasteiger partial charge in [-0.05, 0) is 23.8 Å². The molecule has 1 aliphatic rings. The minimum Gasteiger partial charge on any atom is -0.476 e. The second-order valence-electron chi connectivity index (χ2n) is 9.51. The number of imidazole rings is 1. The van der Waals surface area contributed by atoms with E-state index in [9.17, 15) is 9.90 Å². The van der Waals surface area contributed by atoms with Gasteiger partial charge in [0.25, 0.3) is 0 Å². The Kier molecular flexibility index (Phi) is 6.48. The topological polar surface area (TPSA) is 101 Å². The lowest BCUT2D eigenvalue weighted by molar-refractivity contribution is 0.0365. The predicted octanol–water partition coefficient (Wildman–Crippen LogP) is 3.41. The maximum Gasteiger partial charge on any atom is 0.356 e. The first-order valence-electron chi connectivity index (χ1n) is 12.7. The van der Waals surface area contributed by atoms with Crippen LogP contribution in [0.2, 0.25) is 0 Å². The molecule has 0 unspecified atom stereocenters. The zero-order valence-corrected chi connectivity index (χ0v) is 21.2. The van der Waals surface area contributed by atoms with E-state index < -0.39 is 5.97 Å². The quantitative estimate of drug-likeness (QED) is 0.338. The molecule has 5 heterocycles. The summed E-state index contributed by atoms with van der Waals surface area (Å²) in [6.07, 6.45) is 5.23. The molecule has 0 aliphatic carbocycles. The van der Waals surface area contributed by atoms with Gasteiger partial charge in [-0.25, -0.2) is 19.3 Å². The van der Waals surface area contributed by atoms with Crippen LogP contribution in [0.3, 0.4) is 0 Å². The van der Waals surface area contributed by atoms with Gasteiger partial charge >= 0.3 is 5.97 Å². The SMILES string of the molecule is CN(Cc1ccccc1)c1cc(-c2cn(CCN3CCOCC3)c3ncccc23)nn2c(C(=O)O)cnc12. The molecule has 0 saturated carbocycles. The van der Waals surface area contributed by atoms with E-state index in [4.69, 9.17) is 9.84 Å². The fraction of sp³-hybridized carbons (Fsp3) is 0.286. The molecule has 6 rings (SSSR count). The van der Waals surface area contributed by atoms with Crippen LogP contribution in [-0.4, -0.2) is 80.0 Å². The zero-order valence-electron chi connectivity index (χ0n) is 21.2. The van der Waals surface area contributed by atoms with E-state index in [-0.39, 0.29) is 5.69 Å². The molecule has 10 heteroatoms. The van der Waals surface area contributed by atoms with Crippen molar-refractivity contribution in [2.45, 2.75) is 13.1 Å². The number of benzene rings is 1. The summed E-state index contributed by atoms with van der Waals surface area (Å²) in [5.74, 6) is -1.08. The summed E-state index contributed by atoms with van der Waals surface area (Å²) in [6.45, 7) is 5.68. The Morgan fingerprint density at radius 1 is 1.05 bits per heavy atom. The summed E-state index contributed by atoms with van der Waals surface area (Å²) >= 11 is 0. The number of carbonyl (C=O) groups is 1. The third-order valence-electron chi connectivity index (χ3n) is 7.01. The molecule has 0 radical (unpaired) electrons. The maximum atomic E-state index is 12.0. The van der Waals surface area contributed by atoms with Gasteiger partial charge in [0, 0.05) is 63.1 Å². The van der Waals surface area contributed by atoms with Gasteiger partial charge in [-0.1, -0.05) is 30.3 Å². The minimum atomic E-state index is -1.08. The Morgan fingerprint density at radius 3 is 2.66 bits per heavy atom. The van der Waals surface area contributed by atoms with Crippen LogP contribution in [0.15, 0.2) is 67.1 Å². The van der Waals surface area contributed by atoms with Crippen LogP contribution in [0.25, 0.3) is 27.9 Å². The van der Waals surface area contributed by atoms with Crippen LogP contribution in [0, 0.1) is 0 Å². The number of carboxylic acids is 1. The van der Waals surface area contributed by atoms with Crippen LogP contribution in [0.5, 0.6) is 0 Å². The normalized spacial score (nSPS) is 14.3. The van der Waals surface area contributed by atoms with Gasteiger partial charge in [0.2, 0.25) is 0 Å². The molecule has 0 atom stereocenters. The highest BCUT2D eigenvalue weighted by molar-refractivity contribution is 5.94. The third-order valence-corrected chi connectivity index (χ3v) is 7.01. The lowest BCUT2D eigenvalue weighted by Gasteiger charge is -2.26. The van der Waals surface area contributed by atoms with Crippen LogP contribution in [0.1, 0.15) is 16.1 Å². The fourth-order valence-corrected chi connectivity index (χ4v) is 5.02. The number of morpholine rings is 1. The molecular formula is C28H29N7O3. The number of nitrogens with zero attached hydrogens (tertiary/aromatic N) is 7. The second kappa shape index (κ2) is 10.2. The van der Waals surface area contributed by atoms with Crippen molar-refractivity contribution >= 4 is 28.3 Å². The van der Waals surface area contributed by atoms with E-state index in [2.05, 4.69) is 42.7 Å². The summed E-state index contributed by atoms with van der Waals surface area (Å²) in [5.41, 5.74) is 4.89. The van der Waals surface area contributed by atoms with Crippen molar-refractivity contribution < 1.29 is 14.6 Å². The monoisotopic (exact) mass is 511 g/mol. The van der Waals surface area contributed by atoms with E-state index in [0.717, 1.165) is 67.2 Å². The van der Waals surface area contributed by atoms with E-state index in [1.165, 1.54) is 10.7 Å².